The number of nitrogens with zero attached hydrogens (tertiary/aromatic N) is 2. The van der Waals surface area contributed by atoms with Crippen molar-refractivity contribution in [3.05, 3.63) is 58.9 Å². The van der Waals surface area contributed by atoms with Crippen LogP contribution in [-0.4, -0.2) is 27.7 Å². The molecule has 1 aromatic heterocycles. The molecule has 0 radical (unpaired) electrons. The molecule has 0 saturated carbocycles. The molecule has 0 aliphatic carbocycles. The Bertz CT molecular complexity index is 730. The molecule has 4 heteroatoms. The zero-order valence-electron chi connectivity index (χ0n) is 13.0. The van der Waals surface area contributed by atoms with Gasteiger partial charge in [-0.2, -0.15) is 0 Å². The molecular weight excluding hydrogens is 276 g/mol. The highest BCUT2D eigenvalue weighted by Crippen LogP contribution is 2.19. The molecule has 2 aromatic rings. The maximum absolute atomic E-state index is 12.5. The topological polar surface area (TPSA) is 42.3 Å². The SMILES string of the molecule is CC(=O)c1ccn(CC(=O)N2CCc3ccccc3C2)c1C. The van der Waals surface area contributed by atoms with Crippen LogP contribution in [0.5, 0.6) is 0 Å². The average Bonchev–Trinajstić information content (AvgIpc) is 2.88. The van der Waals surface area contributed by atoms with E-state index in [0.29, 0.717) is 18.7 Å². The zero-order valence-corrected chi connectivity index (χ0v) is 13.0. The van der Waals surface area contributed by atoms with Crippen molar-refractivity contribution >= 4 is 11.7 Å². The lowest BCUT2D eigenvalue weighted by molar-refractivity contribution is -0.132. The molecule has 0 saturated heterocycles. The molecule has 1 aromatic carbocycles. The van der Waals surface area contributed by atoms with E-state index < -0.39 is 0 Å². The molecule has 0 fully saturated rings. The number of carbonyl (C=O) groups excluding carboxylic acids is 2. The minimum atomic E-state index is 0.0376. The Morgan fingerprint density at radius 1 is 1.14 bits per heavy atom. The number of amides is 1. The van der Waals surface area contributed by atoms with Crippen molar-refractivity contribution in [3.8, 4) is 0 Å². The van der Waals surface area contributed by atoms with Crippen LogP contribution in [0.25, 0.3) is 0 Å². The minimum Gasteiger partial charge on any atom is -0.342 e. The Hall–Kier alpha value is -2.36. The number of benzene rings is 1. The number of Topliss-reactive ketones (excluding diaryl/α,β-unsaturated/α-hetero) is 1. The van der Waals surface area contributed by atoms with Crippen LogP contribution >= 0.6 is 0 Å². The van der Waals surface area contributed by atoms with Crippen molar-refractivity contribution < 1.29 is 9.59 Å². The Kier molecular flexibility index (Phi) is 3.84. The van der Waals surface area contributed by atoms with Gasteiger partial charge in [-0.25, -0.2) is 0 Å². The molecule has 1 amide bonds. The van der Waals surface area contributed by atoms with Gasteiger partial charge in [0.2, 0.25) is 5.91 Å². The van der Waals surface area contributed by atoms with Gasteiger partial charge in [-0.1, -0.05) is 24.3 Å². The molecule has 22 heavy (non-hydrogen) atoms. The predicted octanol–water partition coefficient (Wildman–Crippen LogP) is 2.58. The Morgan fingerprint density at radius 2 is 1.86 bits per heavy atom. The van der Waals surface area contributed by atoms with Gasteiger partial charge < -0.3 is 9.47 Å². The third kappa shape index (κ3) is 2.69. The number of hydrogen-bond donors (Lipinski definition) is 0. The van der Waals surface area contributed by atoms with Gasteiger partial charge in [0.1, 0.15) is 6.54 Å². The molecule has 0 atom stereocenters. The van der Waals surface area contributed by atoms with E-state index in [4.69, 9.17) is 0 Å². The smallest absolute Gasteiger partial charge is 0.242 e. The minimum absolute atomic E-state index is 0.0376. The second kappa shape index (κ2) is 5.79. The van der Waals surface area contributed by atoms with Crippen LogP contribution in [0.4, 0.5) is 0 Å². The monoisotopic (exact) mass is 296 g/mol. The molecule has 0 N–H and O–H groups in total. The molecule has 114 valence electrons. The number of fused-ring (bicyclic) bond motifs is 1. The van der Waals surface area contributed by atoms with Crippen molar-refractivity contribution in [1.29, 1.82) is 0 Å². The average molecular weight is 296 g/mol. The van der Waals surface area contributed by atoms with Crippen molar-refractivity contribution in [3.63, 3.8) is 0 Å². The van der Waals surface area contributed by atoms with Crippen LogP contribution in [0.3, 0.4) is 0 Å². The largest absolute Gasteiger partial charge is 0.342 e. The first kappa shape index (κ1) is 14.6. The van der Waals surface area contributed by atoms with Crippen LogP contribution in [0.15, 0.2) is 36.5 Å². The third-order valence-corrected chi connectivity index (χ3v) is 4.41. The lowest BCUT2D eigenvalue weighted by Crippen LogP contribution is -2.38. The quantitative estimate of drug-likeness (QED) is 0.817. The first-order valence-corrected chi connectivity index (χ1v) is 7.57. The van der Waals surface area contributed by atoms with E-state index in [1.165, 1.54) is 11.1 Å². The van der Waals surface area contributed by atoms with E-state index in [-0.39, 0.29) is 11.7 Å². The van der Waals surface area contributed by atoms with Gasteiger partial charge in [0.05, 0.1) is 0 Å². The van der Waals surface area contributed by atoms with Gasteiger partial charge in [0.25, 0.3) is 0 Å². The standard InChI is InChI=1S/C18H20N2O2/c1-13-17(14(2)21)8-10-19(13)12-18(22)20-9-7-15-5-3-4-6-16(15)11-20/h3-6,8,10H,7,9,11-12H2,1-2H3. The van der Waals surface area contributed by atoms with Crippen LogP contribution in [-0.2, 0) is 24.3 Å². The summed E-state index contributed by atoms with van der Waals surface area (Å²) in [5, 5.41) is 0. The first-order valence-electron chi connectivity index (χ1n) is 7.57. The van der Waals surface area contributed by atoms with Gasteiger partial charge in [-0.05, 0) is 37.5 Å². The number of hydrogen-bond acceptors (Lipinski definition) is 2. The molecule has 1 aliphatic heterocycles. The van der Waals surface area contributed by atoms with E-state index in [0.717, 1.165) is 18.7 Å². The van der Waals surface area contributed by atoms with Crippen molar-refractivity contribution in [2.24, 2.45) is 0 Å². The Balaban J connectivity index is 1.72. The summed E-state index contributed by atoms with van der Waals surface area (Å²) in [6, 6.07) is 10.1. The summed E-state index contributed by atoms with van der Waals surface area (Å²) < 4.78 is 1.86. The van der Waals surface area contributed by atoms with Crippen molar-refractivity contribution in [2.75, 3.05) is 6.54 Å². The van der Waals surface area contributed by atoms with Crippen LogP contribution in [0, 0.1) is 6.92 Å². The number of aromatic nitrogens is 1. The first-order chi connectivity index (χ1) is 10.6. The fraction of sp³-hybridized carbons (Fsp3) is 0.333. The number of ketones is 1. The summed E-state index contributed by atoms with van der Waals surface area (Å²) in [5.41, 5.74) is 4.12. The van der Waals surface area contributed by atoms with E-state index in [9.17, 15) is 9.59 Å². The fourth-order valence-corrected chi connectivity index (χ4v) is 3.05. The summed E-state index contributed by atoms with van der Waals surface area (Å²) in [6.45, 7) is 5.16. The van der Waals surface area contributed by atoms with E-state index >= 15 is 0 Å². The molecule has 0 bridgehead atoms. The lowest BCUT2D eigenvalue weighted by Gasteiger charge is -2.29. The van der Waals surface area contributed by atoms with Gasteiger partial charge in [0.15, 0.2) is 5.78 Å². The highest BCUT2D eigenvalue weighted by Gasteiger charge is 2.21. The Labute approximate surface area is 130 Å². The van der Waals surface area contributed by atoms with Gasteiger partial charge in [-0.15, -0.1) is 0 Å². The summed E-state index contributed by atoms with van der Waals surface area (Å²) in [4.78, 5) is 25.9. The molecule has 0 unspecified atom stereocenters. The maximum Gasteiger partial charge on any atom is 0.242 e. The predicted molar refractivity (Wildman–Crippen MR) is 84.7 cm³/mol. The molecule has 1 aliphatic rings. The van der Waals surface area contributed by atoms with Crippen molar-refractivity contribution in [2.45, 2.75) is 33.4 Å². The molecule has 0 spiro atoms. The number of rotatable bonds is 3. The molecular formula is C18H20N2O2. The summed E-state index contributed by atoms with van der Waals surface area (Å²) in [7, 11) is 0. The van der Waals surface area contributed by atoms with Crippen LogP contribution < -0.4 is 0 Å². The van der Waals surface area contributed by atoms with E-state index in [1.807, 2.05) is 34.7 Å². The normalized spacial score (nSPS) is 13.8. The van der Waals surface area contributed by atoms with E-state index in [2.05, 4.69) is 12.1 Å². The van der Waals surface area contributed by atoms with E-state index in [1.54, 1.807) is 13.0 Å². The highest BCUT2D eigenvalue weighted by molar-refractivity contribution is 5.95. The highest BCUT2D eigenvalue weighted by atomic mass is 16.2. The second-order valence-corrected chi connectivity index (χ2v) is 5.83. The summed E-state index contributed by atoms with van der Waals surface area (Å²) in [6.07, 6.45) is 2.73. The third-order valence-electron chi connectivity index (χ3n) is 4.41. The van der Waals surface area contributed by atoms with Gasteiger partial charge >= 0.3 is 0 Å². The second-order valence-electron chi connectivity index (χ2n) is 5.83. The van der Waals surface area contributed by atoms with Crippen molar-refractivity contribution in [1.82, 2.24) is 9.47 Å². The van der Waals surface area contributed by atoms with Gasteiger partial charge in [-0.3, -0.25) is 9.59 Å². The Morgan fingerprint density at radius 3 is 2.55 bits per heavy atom. The molecule has 4 nitrogen and oxygen atoms in total. The van der Waals surface area contributed by atoms with Crippen LogP contribution in [0.1, 0.15) is 34.1 Å². The summed E-state index contributed by atoms with van der Waals surface area (Å²) in [5.74, 6) is 0.138. The van der Waals surface area contributed by atoms with Gasteiger partial charge in [0, 0.05) is 30.5 Å². The molecule has 3 rings (SSSR count). The zero-order chi connectivity index (χ0) is 15.7. The fourth-order valence-electron chi connectivity index (χ4n) is 3.05. The van der Waals surface area contributed by atoms with Crippen LogP contribution in [0.2, 0.25) is 0 Å². The molecule has 2 heterocycles. The maximum atomic E-state index is 12.5. The lowest BCUT2D eigenvalue weighted by atomic mass is 10.00. The summed E-state index contributed by atoms with van der Waals surface area (Å²) >= 11 is 0. The number of carbonyl (C=O) groups is 2.